The number of aromatic nitrogens is 2. The van der Waals surface area contributed by atoms with E-state index in [-0.39, 0.29) is 8.80 Å². The Morgan fingerprint density at radius 3 is 2.43 bits per heavy atom. The van der Waals surface area contributed by atoms with Crippen LogP contribution in [0, 0.1) is 0 Å². The molecule has 0 spiro atoms. The van der Waals surface area contributed by atoms with E-state index < -0.39 is 0 Å². The molecule has 0 unspecified atom stereocenters. The number of anilines is 1. The topological polar surface area (TPSA) is 39.5 Å². The lowest BCUT2D eigenvalue weighted by Crippen LogP contribution is -2.32. The first kappa shape index (κ1) is 25.0. The molecule has 183 valence electrons. The molecule has 0 aliphatic carbocycles. The summed E-state index contributed by atoms with van der Waals surface area (Å²) in [5, 5.41) is 0. The summed E-state index contributed by atoms with van der Waals surface area (Å²) in [6.07, 6.45) is 0.992. The monoisotopic (exact) mass is 486 g/mol. The van der Waals surface area contributed by atoms with Crippen molar-refractivity contribution in [2.45, 2.75) is 52.9 Å². The Kier molecular flexibility index (Phi) is 8.61. The fourth-order valence-corrected chi connectivity index (χ4v) is 4.15. The van der Waals surface area contributed by atoms with Gasteiger partial charge < -0.3 is 14.4 Å². The van der Waals surface area contributed by atoms with Gasteiger partial charge in [-0.05, 0) is 54.3 Å². The number of ether oxygens (including phenoxy) is 2. The van der Waals surface area contributed by atoms with E-state index in [1.165, 1.54) is 16.7 Å². The highest BCUT2D eigenvalue weighted by Gasteiger charge is 2.22. The third-order valence-corrected chi connectivity index (χ3v) is 5.78. The molecular formula is C29H36N3O2Si. The number of benzene rings is 3. The zero-order valence-electron chi connectivity index (χ0n) is 21.3. The molecule has 0 fully saturated rings. The number of rotatable bonds is 7. The Hall–Kier alpha value is -3.09. The largest absolute Gasteiger partial charge is 0.489 e. The van der Waals surface area contributed by atoms with Crippen LogP contribution >= 0.6 is 0 Å². The average molecular weight is 487 g/mol. The summed E-state index contributed by atoms with van der Waals surface area (Å²) >= 11 is 0. The maximum Gasteiger partial charge on any atom is 0.208 e. The van der Waals surface area contributed by atoms with Crippen molar-refractivity contribution in [1.82, 2.24) is 9.55 Å². The Bertz CT molecular complexity index is 1220. The highest BCUT2D eigenvalue weighted by atomic mass is 28.3. The predicted molar refractivity (Wildman–Crippen MR) is 147 cm³/mol. The summed E-state index contributed by atoms with van der Waals surface area (Å²) in [5.74, 6) is 1.88. The van der Waals surface area contributed by atoms with Crippen molar-refractivity contribution in [1.29, 1.82) is 0 Å². The molecule has 1 radical (unpaired) electrons. The lowest BCUT2D eigenvalue weighted by Gasteiger charge is -2.30. The fraction of sp³-hybridized carbons (Fsp3) is 0.345. The van der Waals surface area contributed by atoms with Gasteiger partial charge in [-0.1, -0.05) is 68.2 Å². The van der Waals surface area contributed by atoms with E-state index >= 15 is 0 Å². The maximum atomic E-state index is 6.06. The van der Waals surface area contributed by atoms with Crippen LogP contribution in [0.25, 0.3) is 11.0 Å². The Labute approximate surface area is 210 Å². The normalized spacial score (nSPS) is 12.9. The third-order valence-electron chi connectivity index (χ3n) is 5.78. The van der Waals surface area contributed by atoms with Gasteiger partial charge in [-0.25, -0.2) is 4.98 Å². The molecule has 0 bridgehead atoms. The number of hydrogen-bond acceptors (Lipinski definition) is 4. The molecule has 4 aromatic rings. The Balaban J connectivity index is 0.000000672. The minimum Gasteiger partial charge on any atom is -0.489 e. The highest BCUT2D eigenvalue weighted by molar-refractivity contribution is 6.54. The van der Waals surface area contributed by atoms with Crippen LogP contribution in [0.15, 0.2) is 72.8 Å². The van der Waals surface area contributed by atoms with Crippen molar-refractivity contribution >= 4 is 25.8 Å². The van der Waals surface area contributed by atoms with E-state index in [1.807, 2.05) is 31.2 Å². The van der Waals surface area contributed by atoms with E-state index in [0.717, 1.165) is 42.2 Å². The standard InChI is InChI=1S/C26H27N3O2.C3H9Si/c1-2-30-19-29-25-11-7-6-10-24(25)27-26(29)28-15-14-21-12-13-23(16-22(21)17-28)31-18-20-8-4-3-5-9-20;1-4(2)3/h3-13,16H,2,14-15,17-19H2,1H3;1-3H3. The quantitative estimate of drug-likeness (QED) is 0.278. The molecular weight excluding hydrogens is 450 g/mol. The van der Waals surface area contributed by atoms with Crippen LogP contribution in [0.5, 0.6) is 5.75 Å². The second kappa shape index (κ2) is 12.0. The summed E-state index contributed by atoms with van der Waals surface area (Å²) in [6, 6.07) is 25.0. The Morgan fingerprint density at radius 1 is 0.914 bits per heavy atom. The van der Waals surface area contributed by atoms with Crippen LogP contribution in [0.3, 0.4) is 0 Å². The molecule has 6 heteroatoms. The fourth-order valence-electron chi connectivity index (χ4n) is 4.15. The van der Waals surface area contributed by atoms with Gasteiger partial charge in [0.25, 0.3) is 0 Å². The summed E-state index contributed by atoms with van der Waals surface area (Å²) in [7, 11) is 0.120. The second-order valence-corrected chi connectivity index (χ2v) is 12.3. The lowest BCUT2D eigenvalue weighted by molar-refractivity contribution is 0.0912. The van der Waals surface area contributed by atoms with Crippen molar-refractivity contribution in [3.05, 3.63) is 89.5 Å². The number of imidazole rings is 1. The SMILES string of the molecule is CCOCn1c(N2CCc3ccc(OCc4ccccc4)cc3C2)nc2ccccc21.C[Si](C)C. The van der Waals surface area contributed by atoms with E-state index in [4.69, 9.17) is 14.5 Å². The molecule has 1 aromatic heterocycles. The van der Waals surface area contributed by atoms with Crippen LogP contribution in [0.2, 0.25) is 19.6 Å². The number of nitrogens with zero attached hydrogens (tertiary/aromatic N) is 3. The van der Waals surface area contributed by atoms with E-state index in [1.54, 1.807) is 0 Å². The molecule has 2 heterocycles. The van der Waals surface area contributed by atoms with Crippen LogP contribution in [0.4, 0.5) is 5.95 Å². The summed E-state index contributed by atoms with van der Waals surface area (Å²) in [6.45, 7) is 12.3. The van der Waals surface area contributed by atoms with E-state index in [0.29, 0.717) is 19.9 Å². The van der Waals surface area contributed by atoms with Crippen LogP contribution in [-0.2, 0) is 31.0 Å². The molecule has 0 amide bonds. The van der Waals surface area contributed by atoms with Gasteiger partial charge >= 0.3 is 0 Å². The van der Waals surface area contributed by atoms with Gasteiger partial charge in [-0.15, -0.1) is 0 Å². The molecule has 5 rings (SSSR count). The minimum absolute atomic E-state index is 0.120. The molecule has 5 nitrogen and oxygen atoms in total. The van der Waals surface area contributed by atoms with Crippen molar-refractivity contribution in [3.8, 4) is 5.75 Å². The minimum atomic E-state index is 0.120. The van der Waals surface area contributed by atoms with Crippen LogP contribution in [-0.4, -0.2) is 31.5 Å². The first-order valence-corrected chi connectivity index (χ1v) is 15.4. The number of para-hydroxylation sites is 2. The van der Waals surface area contributed by atoms with E-state index in [2.05, 4.69) is 77.6 Å². The van der Waals surface area contributed by atoms with Crippen molar-refractivity contribution in [2.24, 2.45) is 0 Å². The number of fused-ring (bicyclic) bond motifs is 2. The smallest absolute Gasteiger partial charge is 0.208 e. The van der Waals surface area contributed by atoms with Crippen molar-refractivity contribution in [2.75, 3.05) is 18.1 Å². The number of hydrogen-bond donors (Lipinski definition) is 0. The summed E-state index contributed by atoms with van der Waals surface area (Å²) in [4.78, 5) is 7.29. The van der Waals surface area contributed by atoms with Gasteiger partial charge in [0, 0.05) is 28.5 Å². The Morgan fingerprint density at radius 2 is 1.66 bits per heavy atom. The summed E-state index contributed by atoms with van der Waals surface area (Å²) < 4.78 is 14.0. The average Bonchev–Trinajstić information content (AvgIpc) is 3.24. The van der Waals surface area contributed by atoms with Gasteiger partial charge in [-0.3, -0.25) is 4.57 Å². The predicted octanol–water partition coefficient (Wildman–Crippen LogP) is 6.54. The maximum absolute atomic E-state index is 6.06. The lowest BCUT2D eigenvalue weighted by atomic mass is 10.00. The first-order chi connectivity index (χ1) is 17.0. The second-order valence-electron chi connectivity index (χ2n) is 9.33. The van der Waals surface area contributed by atoms with Crippen LogP contribution in [0.1, 0.15) is 23.6 Å². The van der Waals surface area contributed by atoms with Crippen molar-refractivity contribution < 1.29 is 9.47 Å². The molecule has 1 aliphatic heterocycles. The first-order valence-electron chi connectivity index (χ1n) is 12.4. The molecule has 3 aromatic carbocycles. The van der Waals surface area contributed by atoms with Crippen molar-refractivity contribution in [3.63, 3.8) is 0 Å². The van der Waals surface area contributed by atoms with Gasteiger partial charge in [0.05, 0.1) is 11.0 Å². The molecule has 0 atom stereocenters. The molecule has 0 saturated heterocycles. The molecule has 35 heavy (non-hydrogen) atoms. The van der Waals surface area contributed by atoms with Gasteiger partial charge in [-0.2, -0.15) is 0 Å². The summed E-state index contributed by atoms with van der Waals surface area (Å²) in [5.41, 5.74) is 5.97. The molecule has 1 aliphatic rings. The van der Waals surface area contributed by atoms with Gasteiger partial charge in [0.2, 0.25) is 5.95 Å². The van der Waals surface area contributed by atoms with Crippen LogP contribution < -0.4 is 9.64 Å². The van der Waals surface area contributed by atoms with E-state index in [9.17, 15) is 0 Å². The molecule has 0 N–H and O–H groups in total. The third kappa shape index (κ3) is 6.53. The van der Waals surface area contributed by atoms with Gasteiger partial charge in [0.15, 0.2) is 0 Å². The zero-order chi connectivity index (χ0) is 24.6. The zero-order valence-corrected chi connectivity index (χ0v) is 22.3. The van der Waals surface area contributed by atoms with Gasteiger partial charge in [0.1, 0.15) is 19.1 Å². The highest BCUT2D eigenvalue weighted by Crippen LogP contribution is 2.30. The molecule has 0 saturated carbocycles.